The molecular weight excluding hydrogens is 218 g/mol. The minimum absolute atomic E-state index is 0.207. The van der Waals surface area contributed by atoms with E-state index >= 15 is 0 Å². The molecule has 0 atom stereocenters. The molecule has 4 nitrogen and oxygen atoms in total. The van der Waals surface area contributed by atoms with Crippen molar-refractivity contribution >= 4 is 5.97 Å². The van der Waals surface area contributed by atoms with Gasteiger partial charge in [0.1, 0.15) is 5.60 Å². The molecule has 102 valence electrons. The molecule has 0 aliphatic rings. The molecule has 0 fully saturated rings. The molecule has 0 radical (unpaired) electrons. The van der Waals surface area contributed by atoms with Crippen molar-refractivity contribution in [2.24, 2.45) is 0 Å². The van der Waals surface area contributed by atoms with Crippen LogP contribution in [-0.4, -0.2) is 35.4 Å². The molecule has 0 spiro atoms. The van der Waals surface area contributed by atoms with Crippen molar-refractivity contribution in [3.8, 4) is 0 Å². The Balaban J connectivity index is 3.75. The van der Waals surface area contributed by atoms with E-state index in [2.05, 4.69) is 5.32 Å². The summed E-state index contributed by atoms with van der Waals surface area (Å²) >= 11 is 0. The molecule has 0 rings (SSSR count). The summed E-state index contributed by atoms with van der Waals surface area (Å²) in [6.07, 6.45) is 1.76. The summed E-state index contributed by atoms with van der Waals surface area (Å²) < 4.78 is 5.18. The van der Waals surface area contributed by atoms with Gasteiger partial charge in [0, 0.05) is 13.1 Å². The van der Waals surface area contributed by atoms with Crippen LogP contribution in [0.4, 0.5) is 0 Å². The summed E-state index contributed by atoms with van der Waals surface area (Å²) in [6.45, 7) is 10.5. The van der Waals surface area contributed by atoms with Gasteiger partial charge < -0.3 is 15.2 Å². The summed E-state index contributed by atoms with van der Waals surface area (Å²) in [5.41, 5.74) is -1.08. The quantitative estimate of drug-likeness (QED) is 0.531. The number of ether oxygens (including phenoxy) is 1. The summed E-state index contributed by atoms with van der Waals surface area (Å²) in [5.74, 6) is -0.207. The van der Waals surface area contributed by atoms with E-state index in [1.54, 1.807) is 0 Å². The maximum atomic E-state index is 11.4. The Labute approximate surface area is 105 Å². The summed E-state index contributed by atoms with van der Waals surface area (Å²) in [6, 6.07) is 0. The molecule has 0 bridgehead atoms. The van der Waals surface area contributed by atoms with Gasteiger partial charge >= 0.3 is 5.97 Å². The van der Waals surface area contributed by atoms with Gasteiger partial charge in [0.15, 0.2) is 0 Å². The van der Waals surface area contributed by atoms with Crippen LogP contribution in [0, 0.1) is 0 Å². The Morgan fingerprint density at radius 2 is 1.76 bits per heavy atom. The number of carbonyl (C=O) groups excluding carboxylic acids is 1. The van der Waals surface area contributed by atoms with E-state index in [9.17, 15) is 9.90 Å². The van der Waals surface area contributed by atoms with Crippen molar-refractivity contribution in [1.82, 2.24) is 5.32 Å². The normalized spacial score (nSPS) is 12.6. The largest absolute Gasteiger partial charge is 0.460 e. The highest BCUT2D eigenvalue weighted by Gasteiger charge is 2.21. The van der Waals surface area contributed by atoms with Crippen molar-refractivity contribution in [2.75, 3.05) is 13.1 Å². The molecular formula is C13H27NO3. The second-order valence-corrected chi connectivity index (χ2v) is 5.44. The lowest BCUT2D eigenvalue weighted by molar-refractivity contribution is -0.154. The predicted molar refractivity (Wildman–Crippen MR) is 68.9 cm³/mol. The molecule has 0 amide bonds. The van der Waals surface area contributed by atoms with Crippen LogP contribution in [-0.2, 0) is 9.53 Å². The van der Waals surface area contributed by atoms with Gasteiger partial charge in [-0.3, -0.25) is 4.79 Å². The Hall–Kier alpha value is -0.610. The van der Waals surface area contributed by atoms with Crippen molar-refractivity contribution in [3.63, 3.8) is 0 Å². The van der Waals surface area contributed by atoms with Gasteiger partial charge in [-0.25, -0.2) is 0 Å². The van der Waals surface area contributed by atoms with Crippen molar-refractivity contribution in [2.45, 2.75) is 65.1 Å². The second-order valence-electron chi connectivity index (χ2n) is 5.44. The number of rotatable bonds is 7. The molecule has 0 aromatic heterocycles. The third-order valence-corrected chi connectivity index (χ3v) is 2.70. The Morgan fingerprint density at radius 1 is 1.24 bits per heavy atom. The fourth-order valence-corrected chi connectivity index (χ4v) is 1.40. The topological polar surface area (TPSA) is 58.6 Å². The standard InChI is InChI=1S/C13H27NO3/c1-6-13(16,7-2)10-14-9-8-11(15)17-12(3,4)5/h14,16H,6-10H2,1-5H3. The first-order valence-electron chi connectivity index (χ1n) is 6.37. The van der Waals surface area contributed by atoms with Gasteiger partial charge in [-0.15, -0.1) is 0 Å². The first kappa shape index (κ1) is 16.4. The van der Waals surface area contributed by atoms with E-state index in [1.807, 2.05) is 34.6 Å². The van der Waals surface area contributed by atoms with Crippen molar-refractivity contribution in [1.29, 1.82) is 0 Å². The minimum atomic E-state index is -0.659. The van der Waals surface area contributed by atoms with E-state index in [0.29, 0.717) is 32.4 Å². The first-order valence-corrected chi connectivity index (χ1v) is 6.37. The van der Waals surface area contributed by atoms with Crippen LogP contribution in [0.3, 0.4) is 0 Å². The van der Waals surface area contributed by atoms with E-state index in [0.717, 1.165) is 0 Å². The lowest BCUT2D eigenvalue weighted by atomic mass is 9.98. The maximum Gasteiger partial charge on any atom is 0.307 e. The molecule has 4 heteroatoms. The highest BCUT2D eigenvalue weighted by Crippen LogP contribution is 2.12. The van der Waals surface area contributed by atoms with Crippen LogP contribution in [0.15, 0.2) is 0 Å². The molecule has 0 aliphatic carbocycles. The number of aliphatic hydroxyl groups is 1. The molecule has 0 heterocycles. The van der Waals surface area contributed by atoms with Crippen molar-refractivity contribution in [3.05, 3.63) is 0 Å². The van der Waals surface area contributed by atoms with E-state index in [-0.39, 0.29) is 5.97 Å². The van der Waals surface area contributed by atoms with Gasteiger partial charge in [-0.1, -0.05) is 13.8 Å². The lowest BCUT2D eigenvalue weighted by Crippen LogP contribution is -2.40. The molecule has 0 saturated heterocycles. The van der Waals surface area contributed by atoms with Gasteiger partial charge in [-0.2, -0.15) is 0 Å². The average Bonchev–Trinajstić information content (AvgIpc) is 2.21. The van der Waals surface area contributed by atoms with Gasteiger partial charge in [-0.05, 0) is 33.6 Å². The molecule has 0 saturated carbocycles. The van der Waals surface area contributed by atoms with Crippen LogP contribution < -0.4 is 5.32 Å². The molecule has 17 heavy (non-hydrogen) atoms. The SMILES string of the molecule is CCC(O)(CC)CNCCC(=O)OC(C)(C)C. The van der Waals surface area contributed by atoms with Crippen molar-refractivity contribution < 1.29 is 14.6 Å². The van der Waals surface area contributed by atoms with Crippen LogP contribution in [0.25, 0.3) is 0 Å². The van der Waals surface area contributed by atoms with E-state index in [1.165, 1.54) is 0 Å². The number of esters is 1. The Bertz CT molecular complexity index is 229. The fourth-order valence-electron chi connectivity index (χ4n) is 1.40. The molecule has 0 aromatic carbocycles. The predicted octanol–water partition coefficient (Wildman–Crippen LogP) is 1.86. The van der Waals surface area contributed by atoms with Gasteiger partial charge in [0.05, 0.1) is 12.0 Å². The maximum absolute atomic E-state index is 11.4. The summed E-state index contributed by atoms with van der Waals surface area (Å²) in [4.78, 5) is 11.4. The number of carbonyl (C=O) groups is 1. The van der Waals surface area contributed by atoms with Gasteiger partial charge in [0.2, 0.25) is 0 Å². The zero-order chi connectivity index (χ0) is 13.5. The average molecular weight is 245 g/mol. The highest BCUT2D eigenvalue weighted by molar-refractivity contribution is 5.70. The second kappa shape index (κ2) is 6.97. The molecule has 0 aromatic rings. The zero-order valence-electron chi connectivity index (χ0n) is 11.8. The third kappa shape index (κ3) is 8.16. The number of nitrogens with one attached hydrogen (secondary N) is 1. The van der Waals surface area contributed by atoms with Gasteiger partial charge in [0.25, 0.3) is 0 Å². The summed E-state index contributed by atoms with van der Waals surface area (Å²) in [5, 5.41) is 13.1. The smallest absolute Gasteiger partial charge is 0.307 e. The van der Waals surface area contributed by atoms with E-state index in [4.69, 9.17) is 4.74 Å². The fraction of sp³-hybridized carbons (Fsp3) is 0.923. The lowest BCUT2D eigenvalue weighted by Gasteiger charge is -2.25. The molecule has 2 N–H and O–H groups in total. The highest BCUT2D eigenvalue weighted by atomic mass is 16.6. The number of hydrogen-bond acceptors (Lipinski definition) is 4. The third-order valence-electron chi connectivity index (χ3n) is 2.70. The monoisotopic (exact) mass is 245 g/mol. The Morgan fingerprint density at radius 3 is 2.18 bits per heavy atom. The van der Waals surface area contributed by atoms with E-state index < -0.39 is 11.2 Å². The van der Waals surface area contributed by atoms with Crippen LogP contribution in [0.5, 0.6) is 0 Å². The Kier molecular flexibility index (Phi) is 6.72. The van der Waals surface area contributed by atoms with Crippen LogP contribution >= 0.6 is 0 Å². The zero-order valence-corrected chi connectivity index (χ0v) is 11.8. The molecule has 0 aliphatic heterocycles. The minimum Gasteiger partial charge on any atom is -0.460 e. The first-order chi connectivity index (χ1) is 7.72. The van der Waals surface area contributed by atoms with Crippen LogP contribution in [0.1, 0.15) is 53.9 Å². The summed E-state index contributed by atoms with van der Waals surface area (Å²) in [7, 11) is 0. The van der Waals surface area contributed by atoms with Crippen LogP contribution in [0.2, 0.25) is 0 Å². The molecule has 0 unspecified atom stereocenters. The number of hydrogen-bond donors (Lipinski definition) is 2.